The van der Waals surface area contributed by atoms with Crippen LogP contribution >= 0.6 is 0 Å². The summed E-state index contributed by atoms with van der Waals surface area (Å²) in [5.41, 5.74) is 0. The van der Waals surface area contributed by atoms with Gasteiger partial charge in [-0.25, -0.2) is 19.7 Å². The first kappa shape index (κ1) is 9.63. The van der Waals surface area contributed by atoms with Crippen molar-refractivity contribution in [1.82, 2.24) is 5.32 Å². The van der Waals surface area contributed by atoms with Crippen LogP contribution in [0.4, 0.5) is 9.59 Å². The summed E-state index contributed by atoms with van der Waals surface area (Å²) in [6.45, 7) is 0. The lowest BCUT2D eigenvalue weighted by molar-refractivity contribution is -0.727. The fourth-order valence-corrected chi connectivity index (χ4v) is 0.241. The fraction of sp³-hybridized carbons (Fsp3) is 0. The zero-order chi connectivity index (χ0) is 9.56. The van der Waals surface area contributed by atoms with Gasteiger partial charge in [0.05, 0.1) is 0 Å². The Morgan fingerprint density at radius 1 is 1.50 bits per heavy atom. The van der Waals surface area contributed by atoms with Crippen molar-refractivity contribution in [3.05, 3.63) is 10.1 Å². The number of imide groups is 1. The van der Waals surface area contributed by atoms with Crippen molar-refractivity contribution in [3.63, 3.8) is 0 Å². The maximum Gasteiger partial charge on any atom is 0.430 e. The molecular weight excluding hydrogens is 174 g/mol. The predicted molar refractivity (Wildman–Crippen MR) is 28.7 cm³/mol. The van der Waals surface area contributed by atoms with Gasteiger partial charge in [0.15, 0.2) is 0 Å². The number of carbonyl (C=O) groups is 2. The van der Waals surface area contributed by atoms with E-state index < -0.39 is 17.3 Å². The highest BCUT2D eigenvalue weighted by Crippen LogP contribution is 1.79. The molecule has 64 valence electrons. The van der Waals surface area contributed by atoms with E-state index in [2.05, 4.69) is 9.57 Å². The molecule has 0 aromatic heterocycles. The van der Waals surface area contributed by atoms with Gasteiger partial charge in [0.25, 0.3) is 6.26 Å². The molecule has 9 heteroatoms. The molecule has 0 aromatic carbocycles. The summed E-state index contributed by atoms with van der Waals surface area (Å²) in [6, 6.07) is 0. The van der Waals surface area contributed by atoms with Crippen LogP contribution in [-0.2, 0) is 9.57 Å². The Kier molecular flexibility index (Phi) is 3.57. The fourth-order valence-electron chi connectivity index (χ4n) is 0.241. The molecule has 0 saturated carbocycles. The molecule has 0 saturated heterocycles. The third-order valence-electron chi connectivity index (χ3n) is 0.500. The molecule has 0 atom stereocenters. The maximum absolute atomic E-state index is 10.2. The molecule has 12 heavy (non-hydrogen) atoms. The van der Waals surface area contributed by atoms with Gasteiger partial charge < -0.3 is 4.74 Å². The first-order chi connectivity index (χ1) is 5.56. The molecule has 0 aliphatic heterocycles. The minimum absolute atomic E-state index is 0.936. The van der Waals surface area contributed by atoms with Crippen molar-refractivity contribution in [2.45, 2.75) is 0 Å². The lowest BCUT2D eigenvalue weighted by atomic mass is 11.0. The van der Waals surface area contributed by atoms with Gasteiger partial charge in [-0.05, 0) is 0 Å². The number of amides is 2. The molecule has 0 aliphatic rings. The summed E-state index contributed by atoms with van der Waals surface area (Å²) in [6.07, 6.45) is -2.16. The zero-order valence-electron chi connectivity index (χ0n) is 5.34. The molecule has 0 unspecified atom stereocenters. The van der Waals surface area contributed by atoms with Gasteiger partial charge in [-0.1, -0.05) is 0 Å². The Morgan fingerprint density at radius 2 is 2.08 bits per heavy atom. The second kappa shape index (κ2) is 4.45. The monoisotopic (exact) mass is 175 g/mol. The lowest BCUT2D eigenvalue weighted by Gasteiger charge is -1.95. The van der Waals surface area contributed by atoms with Gasteiger partial charge in [-0.3, -0.25) is 0 Å². The highest BCUT2D eigenvalue weighted by atomic mass is 17.0. The van der Waals surface area contributed by atoms with Crippen molar-refractivity contribution in [1.29, 1.82) is 5.26 Å². The van der Waals surface area contributed by atoms with Gasteiger partial charge >= 0.3 is 17.3 Å². The Balaban J connectivity index is 3.79. The number of alkyl carbamates (subject to hydrolysis) is 1. The average Bonchev–Trinajstić information content (AvgIpc) is 1.84. The molecule has 2 amide bonds. The molecule has 0 spiro atoms. The van der Waals surface area contributed by atoms with Crippen molar-refractivity contribution in [2.24, 2.45) is 0 Å². The molecular formula is C3HN3O6. The third-order valence-corrected chi connectivity index (χ3v) is 0.500. The number of nitriles is 1. The van der Waals surface area contributed by atoms with Crippen molar-refractivity contribution in [2.75, 3.05) is 0 Å². The largest absolute Gasteiger partial charge is 0.430 e. The van der Waals surface area contributed by atoms with Crippen molar-refractivity contribution < 1.29 is 24.3 Å². The van der Waals surface area contributed by atoms with E-state index in [1.54, 1.807) is 0 Å². The summed E-state index contributed by atoms with van der Waals surface area (Å²) in [5, 5.41) is 17.0. The number of carbonyl (C=O) groups excluding carboxylic acids is 2. The van der Waals surface area contributed by atoms with Gasteiger partial charge in [0.1, 0.15) is 0 Å². The molecule has 0 radical (unpaired) electrons. The van der Waals surface area contributed by atoms with Gasteiger partial charge in [0.2, 0.25) is 0 Å². The van der Waals surface area contributed by atoms with Crippen LogP contribution in [0.3, 0.4) is 0 Å². The molecule has 1 N–H and O–H groups in total. The summed E-state index contributed by atoms with van der Waals surface area (Å²) in [5.74, 6) is 0. The van der Waals surface area contributed by atoms with Crippen LogP contribution in [0.5, 0.6) is 0 Å². The third kappa shape index (κ3) is 4.50. The minimum atomic E-state index is -1.64. The Morgan fingerprint density at radius 3 is 2.50 bits per heavy atom. The number of hydrogen-bond acceptors (Lipinski definition) is 7. The number of hydrogen-bond donors (Lipinski definition) is 1. The lowest BCUT2D eigenvalue weighted by Crippen LogP contribution is -2.32. The van der Waals surface area contributed by atoms with Crippen LogP contribution in [-0.4, -0.2) is 17.3 Å². The second-order valence-corrected chi connectivity index (χ2v) is 1.21. The number of nitrogens with one attached hydrogen (secondary N) is 1. The van der Waals surface area contributed by atoms with Gasteiger partial charge in [-0.2, -0.15) is 0 Å². The number of nitrogens with zero attached hydrogens (tertiary/aromatic N) is 2. The number of rotatable bonds is 1. The SMILES string of the molecule is N#COC(=O)NC(=O)O[N+](=O)[O-]. The van der Waals surface area contributed by atoms with Gasteiger partial charge in [-0.15, -0.1) is 15.4 Å². The summed E-state index contributed by atoms with van der Waals surface area (Å²) < 4.78 is 3.53. The maximum atomic E-state index is 10.2. The van der Waals surface area contributed by atoms with E-state index >= 15 is 0 Å². The van der Waals surface area contributed by atoms with E-state index in [1.165, 1.54) is 5.32 Å². The highest BCUT2D eigenvalue weighted by Gasteiger charge is 2.11. The Bertz CT molecular complexity index is 253. The van der Waals surface area contributed by atoms with E-state index in [0.29, 0.717) is 0 Å². The Labute approximate surface area is 64.6 Å². The molecule has 9 nitrogen and oxygen atoms in total. The van der Waals surface area contributed by atoms with E-state index in [-0.39, 0.29) is 0 Å². The van der Waals surface area contributed by atoms with Crippen LogP contribution in [0, 0.1) is 21.6 Å². The first-order valence-corrected chi connectivity index (χ1v) is 2.29. The summed E-state index contributed by atoms with van der Waals surface area (Å²) >= 11 is 0. The smallest absolute Gasteiger partial charge is 0.333 e. The van der Waals surface area contributed by atoms with Crippen molar-refractivity contribution in [3.8, 4) is 6.26 Å². The average molecular weight is 175 g/mol. The standard InChI is InChI=1S/C3HN3O6/c4-1-11-2(7)5-3(8)12-6(9)10/h(H,5,7,8). The van der Waals surface area contributed by atoms with Crippen LogP contribution in [0.2, 0.25) is 0 Å². The minimum Gasteiger partial charge on any atom is -0.333 e. The van der Waals surface area contributed by atoms with E-state index in [9.17, 15) is 19.7 Å². The molecule has 0 rings (SSSR count). The highest BCUT2D eigenvalue weighted by molar-refractivity contribution is 5.87. The molecule has 0 aromatic rings. The topological polar surface area (TPSA) is 132 Å². The van der Waals surface area contributed by atoms with E-state index in [1.807, 2.05) is 0 Å². The van der Waals surface area contributed by atoms with Crippen LogP contribution < -0.4 is 5.32 Å². The summed E-state index contributed by atoms with van der Waals surface area (Å²) in [4.78, 5) is 33.0. The van der Waals surface area contributed by atoms with E-state index in [4.69, 9.17) is 5.26 Å². The molecule has 0 heterocycles. The van der Waals surface area contributed by atoms with E-state index in [0.717, 1.165) is 6.26 Å². The first-order valence-electron chi connectivity index (χ1n) is 2.29. The predicted octanol–water partition coefficient (Wildman–Crippen LogP) is -0.478. The number of ether oxygens (including phenoxy) is 1. The van der Waals surface area contributed by atoms with Gasteiger partial charge in [0, 0.05) is 0 Å². The van der Waals surface area contributed by atoms with Crippen LogP contribution in [0.15, 0.2) is 0 Å². The second-order valence-electron chi connectivity index (χ2n) is 1.21. The molecule has 0 fully saturated rings. The quantitative estimate of drug-likeness (QED) is 0.323. The van der Waals surface area contributed by atoms with Crippen LogP contribution in [0.1, 0.15) is 0 Å². The summed E-state index contributed by atoms with van der Waals surface area (Å²) in [7, 11) is 0. The zero-order valence-corrected chi connectivity index (χ0v) is 5.34. The molecule has 0 bridgehead atoms. The van der Waals surface area contributed by atoms with Crippen molar-refractivity contribution >= 4 is 12.2 Å². The normalized spacial score (nSPS) is 7.58. The molecule has 0 aliphatic carbocycles. The Hall–Kier alpha value is -2.37. The van der Waals surface area contributed by atoms with Crippen LogP contribution in [0.25, 0.3) is 0 Å².